The summed E-state index contributed by atoms with van der Waals surface area (Å²) in [6, 6.07) is -0.344. The molecule has 1 aromatic heterocycles. The van der Waals surface area contributed by atoms with E-state index >= 15 is 0 Å². The first kappa shape index (κ1) is 17.0. The van der Waals surface area contributed by atoms with E-state index in [9.17, 15) is 22.8 Å². The number of aromatic nitrogens is 3. The molecule has 1 saturated carbocycles. The molecule has 1 heterocycles. The second-order valence-electron chi connectivity index (χ2n) is 4.93. The number of rotatable bonds is 6. The van der Waals surface area contributed by atoms with E-state index in [-0.39, 0.29) is 19.0 Å². The molecule has 1 amide bonds. The van der Waals surface area contributed by atoms with Gasteiger partial charge in [-0.25, -0.2) is 9.48 Å². The van der Waals surface area contributed by atoms with E-state index in [4.69, 9.17) is 0 Å². The van der Waals surface area contributed by atoms with Crippen LogP contribution >= 0.6 is 0 Å². The molecule has 1 aliphatic rings. The third-order valence-electron chi connectivity index (χ3n) is 3.12. The van der Waals surface area contributed by atoms with Crippen molar-refractivity contribution < 1.29 is 27.5 Å². The number of ether oxygens (including phenoxy) is 1. The lowest BCUT2D eigenvalue weighted by molar-refractivity contribution is -0.144. The van der Waals surface area contributed by atoms with E-state index in [1.165, 1.54) is 13.2 Å². The monoisotopic (exact) mass is 332 g/mol. The van der Waals surface area contributed by atoms with Gasteiger partial charge >= 0.3 is 12.1 Å². The van der Waals surface area contributed by atoms with Gasteiger partial charge in [0.2, 0.25) is 0 Å². The van der Waals surface area contributed by atoms with Crippen LogP contribution in [0.25, 0.3) is 0 Å². The van der Waals surface area contributed by atoms with Crippen molar-refractivity contribution in [3.05, 3.63) is 23.5 Å². The number of nitrogens with zero attached hydrogens (tertiary/aromatic N) is 3. The van der Waals surface area contributed by atoms with E-state index in [0.29, 0.717) is 12.8 Å². The molecule has 126 valence electrons. The van der Waals surface area contributed by atoms with Gasteiger partial charge in [-0.15, -0.1) is 5.10 Å². The van der Waals surface area contributed by atoms with Crippen molar-refractivity contribution in [1.82, 2.24) is 20.3 Å². The van der Waals surface area contributed by atoms with Crippen LogP contribution in [0.15, 0.2) is 12.2 Å². The molecule has 7 nitrogen and oxygen atoms in total. The molecular weight excluding hydrogens is 317 g/mol. The number of esters is 1. The largest absolute Gasteiger partial charge is 0.466 e. The second-order valence-corrected chi connectivity index (χ2v) is 4.93. The van der Waals surface area contributed by atoms with Crippen molar-refractivity contribution >= 4 is 11.9 Å². The van der Waals surface area contributed by atoms with Crippen LogP contribution in [0.3, 0.4) is 0 Å². The van der Waals surface area contributed by atoms with Gasteiger partial charge in [-0.05, 0) is 19.3 Å². The van der Waals surface area contributed by atoms with Crippen molar-refractivity contribution in [3.8, 4) is 0 Å². The van der Waals surface area contributed by atoms with E-state index < -0.39 is 29.4 Å². The summed E-state index contributed by atoms with van der Waals surface area (Å²) in [5.74, 6) is -1.50. The fourth-order valence-corrected chi connectivity index (χ4v) is 1.89. The van der Waals surface area contributed by atoms with Crippen molar-refractivity contribution in [1.29, 1.82) is 0 Å². The van der Waals surface area contributed by atoms with Crippen LogP contribution in [-0.2, 0) is 15.7 Å². The summed E-state index contributed by atoms with van der Waals surface area (Å²) in [7, 11) is 1.22. The van der Waals surface area contributed by atoms with Gasteiger partial charge in [-0.1, -0.05) is 11.3 Å². The van der Waals surface area contributed by atoms with Crippen LogP contribution in [0.5, 0.6) is 0 Å². The van der Waals surface area contributed by atoms with E-state index in [1.807, 2.05) is 0 Å². The van der Waals surface area contributed by atoms with E-state index in [1.54, 1.807) is 0 Å². The van der Waals surface area contributed by atoms with Gasteiger partial charge in [-0.2, -0.15) is 13.2 Å². The Balaban J connectivity index is 2.00. The van der Waals surface area contributed by atoms with Crippen molar-refractivity contribution in [2.24, 2.45) is 0 Å². The van der Waals surface area contributed by atoms with Gasteiger partial charge < -0.3 is 10.1 Å². The highest BCUT2D eigenvalue weighted by molar-refractivity contribution is 5.93. The first-order valence-corrected chi connectivity index (χ1v) is 6.89. The number of halogens is 3. The molecule has 0 bridgehead atoms. The summed E-state index contributed by atoms with van der Waals surface area (Å²) in [5, 5.41) is 9.15. The van der Waals surface area contributed by atoms with Crippen LogP contribution < -0.4 is 5.32 Å². The zero-order chi connectivity index (χ0) is 17.0. The maximum Gasteiger partial charge on any atom is 0.435 e. The number of alkyl halides is 3. The molecule has 2 rings (SSSR count). The highest BCUT2D eigenvalue weighted by atomic mass is 19.4. The Morgan fingerprint density at radius 1 is 1.43 bits per heavy atom. The van der Waals surface area contributed by atoms with Crippen LogP contribution in [0.1, 0.15) is 41.5 Å². The molecule has 23 heavy (non-hydrogen) atoms. The molecule has 0 atom stereocenters. The van der Waals surface area contributed by atoms with E-state index in [0.717, 1.165) is 10.8 Å². The normalized spacial score (nSPS) is 15.0. The summed E-state index contributed by atoms with van der Waals surface area (Å²) in [5.41, 5.74) is -1.86. The molecule has 1 N–H and O–H groups in total. The minimum atomic E-state index is -4.70. The van der Waals surface area contributed by atoms with Crippen LogP contribution in [0.2, 0.25) is 0 Å². The maximum atomic E-state index is 13.1. The Hall–Kier alpha value is -2.39. The number of carbonyl (C=O) groups excluding carboxylic acids is 2. The second kappa shape index (κ2) is 6.80. The van der Waals surface area contributed by atoms with Crippen LogP contribution in [0.4, 0.5) is 13.2 Å². The predicted octanol–water partition coefficient (Wildman–Crippen LogP) is 1.48. The average Bonchev–Trinajstić information content (AvgIpc) is 3.23. The quantitative estimate of drug-likeness (QED) is 0.484. The molecule has 1 fully saturated rings. The Morgan fingerprint density at radius 2 is 2.13 bits per heavy atom. The summed E-state index contributed by atoms with van der Waals surface area (Å²) in [4.78, 5) is 22.7. The third kappa shape index (κ3) is 4.30. The van der Waals surface area contributed by atoms with Gasteiger partial charge in [-0.3, -0.25) is 4.79 Å². The zero-order valence-electron chi connectivity index (χ0n) is 12.3. The van der Waals surface area contributed by atoms with Gasteiger partial charge in [0, 0.05) is 12.6 Å². The maximum absolute atomic E-state index is 13.1. The highest BCUT2D eigenvalue weighted by Gasteiger charge is 2.44. The minimum absolute atomic E-state index is 0.0555. The fourth-order valence-electron chi connectivity index (χ4n) is 1.89. The Bertz CT molecular complexity index is 620. The summed E-state index contributed by atoms with van der Waals surface area (Å²) in [6.45, 7) is 0.0555. The molecule has 0 saturated heterocycles. The topological polar surface area (TPSA) is 86.1 Å². The third-order valence-corrected chi connectivity index (χ3v) is 3.12. The fraction of sp³-hybridized carbons (Fsp3) is 0.538. The SMILES string of the molecule is COC(=O)/C=C/CCNC(=O)c1nnn(C2CC2)c1C(F)(F)F. The lowest BCUT2D eigenvalue weighted by Gasteiger charge is -2.10. The molecule has 1 aliphatic carbocycles. The molecule has 0 aliphatic heterocycles. The first-order chi connectivity index (χ1) is 10.8. The number of hydrogen-bond acceptors (Lipinski definition) is 5. The standard InChI is InChI=1S/C13H15F3N4O3/c1-23-9(21)4-2-3-7-17-12(22)10-11(13(14,15)16)20(19-18-10)8-5-6-8/h2,4,8H,3,5-7H2,1H3,(H,17,22)/b4-2+. The van der Waals surface area contributed by atoms with Gasteiger partial charge in [0.1, 0.15) is 0 Å². The summed E-state index contributed by atoms with van der Waals surface area (Å²) < 4.78 is 44.5. The Kier molecular flexibility index (Phi) is 5.02. The highest BCUT2D eigenvalue weighted by Crippen LogP contribution is 2.40. The van der Waals surface area contributed by atoms with Crippen LogP contribution in [0, 0.1) is 0 Å². The van der Waals surface area contributed by atoms with E-state index in [2.05, 4.69) is 20.4 Å². The average molecular weight is 332 g/mol. The predicted molar refractivity (Wildman–Crippen MR) is 71.4 cm³/mol. The van der Waals surface area contributed by atoms with Gasteiger partial charge in [0.25, 0.3) is 5.91 Å². The molecule has 0 aromatic carbocycles. The van der Waals surface area contributed by atoms with Crippen molar-refractivity contribution in [2.45, 2.75) is 31.5 Å². The number of amides is 1. The number of nitrogens with one attached hydrogen (secondary N) is 1. The number of methoxy groups -OCH3 is 1. The Labute approximate surface area is 129 Å². The number of hydrogen-bond donors (Lipinski definition) is 1. The van der Waals surface area contributed by atoms with Gasteiger partial charge in [0.15, 0.2) is 11.4 Å². The number of carbonyl (C=O) groups is 2. The molecule has 0 spiro atoms. The van der Waals surface area contributed by atoms with Crippen molar-refractivity contribution in [3.63, 3.8) is 0 Å². The molecular formula is C13H15F3N4O3. The smallest absolute Gasteiger partial charge is 0.435 e. The first-order valence-electron chi connectivity index (χ1n) is 6.89. The lowest BCUT2D eigenvalue weighted by Crippen LogP contribution is -2.28. The zero-order valence-corrected chi connectivity index (χ0v) is 12.3. The van der Waals surface area contributed by atoms with Crippen molar-refractivity contribution in [2.75, 3.05) is 13.7 Å². The van der Waals surface area contributed by atoms with Gasteiger partial charge in [0.05, 0.1) is 13.2 Å². The molecule has 1 aromatic rings. The molecule has 0 unspecified atom stereocenters. The molecule has 10 heteroatoms. The Morgan fingerprint density at radius 3 is 2.70 bits per heavy atom. The summed E-state index contributed by atoms with van der Waals surface area (Å²) in [6.07, 6.45) is -0.658. The lowest BCUT2D eigenvalue weighted by atomic mass is 10.2. The minimum Gasteiger partial charge on any atom is -0.466 e. The summed E-state index contributed by atoms with van der Waals surface area (Å²) >= 11 is 0. The van der Waals surface area contributed by atoms with Crippen LogP contribution in [-0.4, -0.2) is 40.5 Å². The molecule has 0 radical (unpaired) electrons.